The summed E-state index contributed by atoms with van der Waals surface area (Å²) >= 11 is 1.24. The Morgan fingerprint density at radius 2 is 1.80 bits per heavy atom. The molecule has 30 heavy (non-hydrogen) atoms. The first kappa shape index (κ1) is 21.8. The molecule has 0 radical (unpaired) electrons. The van der Waals surface area contributed by atoms with Crippen LogP contribution in [0.25, 0.3) is 10.6 Å². The smallest absolute Gasteiger partial charge is 0.267 e. The second-order valence-electron chi connectivity index (χ2n) is 6.19. The van der Waals surface area contributed by atoms with E-state index < -0.39 is 10.0 Å². The molecule has 0 aliphatic rings. The molecule has 0 bridgehead atoms. The van der Waals surface area contributed by atoms with Crippen LogP contribution in [0.2, 0.25) is 0 Å². The molecule has 0 atom stereocenters. The van der Waals surface area contributed by atoms with Crippen molar-refractivity contribution in [2.45, 2.75) is 11.8 Å². The number of sulfonamides is 1. The van der Waals surface area contributed by atoms with Gasteiger partial charge in [0.25, 0.3) is 5.91 Å². The van der Waals surface area contributed by atoms with Crippen LogP contribution >= 0.6 is 11.3 Å². The highest BCUT2D eigenvalue weighted by molar-refractivity contribution is 7.89. The molecule has 158 valence electrons. The number of hydrogen-bond acceptors (Lipinski definition) is 7. The van der Waals surface area contributed by atoms with Crippen LogP contribution in [-0.4, -0.2) is 40.6 Å². The quantitative estimate of drug-likeness (QED) is 0.576. The second kappa shape index (κ2) is 8.82. The van der Waals surface area contributed by atoms with E-state index in [1.54, 1.807) is 45.4 Å². The number of hydrogen-bond donors (Lipinski definition) is 2. The Morgan fingerprint density at radius 3 is 2.47 bits per heavy atom. The minimum atomic E-state index is -3.61. The number of ether oxygens (including phenoxy) is 2. The van der Waals surface area contributed by atoms with Crippen molar-refractivity contribution in [2.75, 3.05) is 26.6 Å². The topological polar surface area (TPSA) is 107 Å². The number of rotatable bonds is 7. The molecule has 10 heteroatoms. The third-order valence-electron chi connectivity index (χ3n) is 4.30. The lowest BCUT2D eigenvalue weighted by Gasteiger charge is -2.08. The second-order valence-corrected chi connectivity index (χ2v) is 9.08. The molecule has 3 aromatic rings. The standard InChI is InChI=1S/C20H21N3O5S2/c1-12-18(19(24)23-14-6-5-7-15(11-14)30(25,26)21-2)29-20(22-12)13-8-9-16(27-3)17(10-13)28-4/h5-11,21H,1-4H3,(H,23,24). The molecule has 0 aliphatic heterocycles. The Labute approximate surface area is 178 Å². The molecule has 1 heterocycles. The zero-order valence-corrected chi connectivity index (χ0v) is 18.5. The predicted molar refractivity (Wildman–Crippen MR) is 116 cm³/mol. The predicted octanol–water partition coefficient (Wildman–Crippen LogP) is 3.30. The summed E-state index contributed by atoms with van der Waals surface area (Å²) in [5.41, 5.74) is 1.74. The average molecular weight is 448 g/mol. The summed E-state index contributed by atoms with van der Waals surface area (Å²) < 4.78 is 36.8. The molecule has 0 saturated heterocycles. The van der Waals surface area contributed by atoms with Gasteiger partial charge in [-0.25, -0.2) is 18.1 Å². The third kappa shape index (κ3) is 4.45. The van der Waals surface area contributed by atoms with Gasteiger partial charge in [0.05, 0.1) is 24.8 Å². The fourth-order valence-corrected chi connectivity index (χ4v) is 4.48. The van der Waals surface area contributed by atoms with Gasteiger partial charge >= 0.3 is 0 Å². The largest absolute Gasteiger partial charge is 0.493 e. The number of amides is 1. The number of methoxy groups -OCH3 is 2. The Morgan fingerprint density at radius 1 is 1.07 bits per heavy atom. The third-order valence-corrected chi connectivity index (χ3v) is 6.92. The van der Waals surface area contributed by atoms with Crippen molar-refractivity contribution < 1.29 is 22.7 Å². The van der Waals surface area contributed by atoms with E-state index in [1.807, 2.05) is 6.07 Å². The first-order chi connectivity index (χ1) is 14.3. The number of aryl methyl sites for hydroxylation is 1. The summed E-state index contributed by atoms with van der Waals surface area (Å²) in [6, 6.07) is 11.5. The number of benzene rings is 2. The van der Waals surface area contributed by atoms with Gasteiger partial charge in [0.15, 0.2) is 11.5 Å². The van der Waals surface area contributed by atoms with E-state index >= 15 is 0 Å². The maximum Gasteiger partial charge on any atom is 0.267 e. The van der Waals surface area contributed by atoms with Gasteiger partial charge in [0.1, 0.15) is 9.88 Å². The molecule has 0 saturated carbocycles. The van der Waals surface area contributed by atoms with Crippen LogP contribution in [0.4, 0.5) is 5.69 Å². The minimum Gasteiger partial charge on any atom is -0.493 e. The van der Waals surface area contributed by atoms with E-state index in [-0.39, 0.29) is 10.8 Å². The molecule has 3 rings (SSSR count). The van der Waals surface area contributed by atoms with E-state index in [1.165, 1.54) is 30.5 Å². The lowest BCUT2D eigenvalue weighted by atomic mass is 10.2. The van der Waals surface area contributed by atoms with Gasteiger partial charge in [-0.1, -0.05) is 6.07 Å². The summed E-state index contributed by atoms with van der Waals surface area (Å²) in [5, 5.41) is 3.39. The van der Waals surface area contributed by atoms with Gasteiger partial charge in [-0.15, -0.1) is 11.3 Å². The van der Waals surface area contributed by atoms with Gasteiger partial charge in [0, 0.05) is 11.3 Å². The van der Waals surface area contributed by atoms with Crippen LogP contribution in [-0.2, 0) is 10.0 Å². The van der Waals surface area contributed by atoms with Crippen molar-refractivity contribution in [3.05, 3.63) is 53.0 Å². The van der Waals surface area contributed by atoms with Crippen LogP contribution in [0.5, 0.6) is 11.5 Å². The van der Waals surface area contributed by atoms with Crippen molar-refractivity contribution >= 4 is 33.0 Å². The highest BCUT2D eigenvalue weighted by atomic mass is 32.2. The van der Waals surface area contributed by atoms with Crippen LogP contribution in [0.3, 0.4) is 0 Å². The number of carbonyl (C=O) groups is 1. The molecule has 1 amide bonds. The average Bonchev–Trinajstić information content (AvgIpc) is 3.15. The summed E-state index contributed by atoms with van der Waals surface area (Å²) in [6.07, 6.45) is 0. The van der Waals surface area contributed by atoms with Crippen molar-refractivity contribution in [1.82, 2.24) is 9.71 Å². The Balaban J connectivity index is 1.87. The first-order valence-electron chi connectivity index (χ1n) is 8.84. The molecule has 2 N–H and O–H groups in total. The van der Waals surface area contributed by atoms with Crippen molar-refractivity contribution in [2.24, 2.45) is 0 Å². The first-order valence-corrected chi connectivity index (χ1v) is 11.1. The highest BCUT2D eigenvalue weighted by Crippen LogP contribution is 2.35. The molecule has 0 aliphatic carbocycles. The number of nitrogens with zero attached hydrogens (tertiary/aromatic N) is 1. The number of anilines is 1. The molecule has 1 aromatic heterocycles. The van der Waals surface area contributed by atoms with E-state index in [0.29, 0.717) is 32.8 Å². The number of nitrogens with one attached hydrogen (secondary N) is 2. The summed E-state index contributed by atoms with van der Waals surface area (Å²) in [4.78, 5) is 17.8. The molecule has 0 unspecified atom stereocenters. The van der Waals surface area contributed by atoms with Gasteiger partial charge in [0.2, 0.25) is 10.0 Å². The normalized spacial score (nSPS) is 11.2. The van der Waals surface area contributed by atoms with Crippen LogP contribution in [0, 0.1) is 6.92 Å². The number of carbonyl (C=O) groups excluding carboxylic acids is 1. The van der Waals surface area contributed by atoms with E-state index in [0.717, 1.165) is 5.56 Å². The van der Waals surface area contributed by atoms with Gasteiger partial charge < -0.3 is 14.8 Å². The number of thiazole rings is 1. The summed E-state index contributed by atoms with van der Waals surface area (Å²) in [6.45, 7) is 1.75. The van der Waals surface area contributed by atoms with Gasteiger partial charge in [-0.05, 0) is 50.4 Å². The maximum atomic E-state index is 12.8. The highest BCUT2D eigenvalue weighted by Gasteiger charge is 2.19. The fourth-order valence-electron chi connectivity index (χ4n) is 2.75. The molecular weight excluding hydrogens is 426 g/mol. The van der Waals surface area contributed by atoms with Crippen molar-refractivity contribution in [3.63, 3.8) is 0 Å². The zero-order valence-electron chi connectivity index (χ0n) is 16.8. The Kier molecular flexibility index (Phi) is 6.40. The molecule has 8 nitrogen and oxygen atoms in total. The van der Waals surface area contributed by atoms with Gasteiger partial charge in [-0.2, -0.15) is 0 Å². The van der Waals surface area contributed by atoms with E-state index in [2.05, 4.69) is 15.0 Å². The Hall–Kier alpha value is -2.95. The lowest BCUT2D eigenvalue weighted by Crippen LogP contribution is -2.19. The minimum absolute atomic E-state index is 0.0647. The van der Waals surface area contributed by atoms with Crippen molar-refractivity contribution in [3.8, 4) is 22.1 Å². The molecule has 0 fully saturated rings. The monoisotopic (exact) mass is 447 g/mol. The zero-order chi connectivity index (χ0) is 21.9. The van der Waals surface area contributed by atoms with Gasteiger partial charge in [-0.3, -0.25) is 4.79 Å². The molecular formula is C20H21N3O5S2. The number of aromatic nitrogens is 1. The SMILES string of the molecule is CNS(=O)(=O)c1cccc(NC(=O)c2sc(-c3ccc(OC)c(OC)c3)nc2C)c1. The lowest BCUT2D eigenvalue weighted by molar-refractivity contribution is 0.102. The molecule has 2 aromatic carbocycles. The van der Waals surface area contributed by atoms with Crippen LogP contribution in [0.15, 0.2) is 47.4 Å². The van der Waals surface area contributed by atoms with Crippen LogP contribution < -0.4 is 19.5 Å². The van der Waals surface area contributed by atoms with E-state index in [4.69, 9.17) is 9.47 Å². The van der Waals surface area contributed by atoms with Crippen molar-refractivity contribution in [1.29, 1.82) is 0 Å². The fraction of sp³-hybridized carbons (Fsp3) is 0.200. The maximum absolute atomic E-state index is 12.8. The van der Waals surface area contributed by atoms with Crippen LogP contribution in [0.1, 0.15) is 15.4 Å². The van der Waals surface area contributed by atoms with E-state index in [9.17, 15) is 13.2 Å². The Bertz CT molecular complexity index is 1190. The molecule has 0 spiro atoms. The summed E-state index contributed by atoms with van der Waals surface area (Å²) in [5.74, 6) is 0.802. The summed E-state index contributed by atoms with van der Waals surface area (Å²) in [7, 11) is 0.835.